The second kappa shape index (κ2) is 6.11. The van der Waals surface area contributed by atoms with Crippen molar-refractivity contribution in [2.45, 2.75) is 30.4 Å². The molecule has 0 aliphatic rings. The summed E-state index contributed by atoms with van der Waals surface area (Å²) >= 11 is 0. The molecule has 2 rings (SSSR count). The molecule has 1 heterocycles. The molecule has 0 bridgehead atoms. The molecule has 0 fully saturated rings. The maximum atomic E-state index is 13.0. The first-order valence-corrected chi connectivity index (χ1v) is 8.31. The number of amides is 1. The smallest absolute Gasteiger partial charge is 0.270 e. The molecule has 10 heteroatoms. The van der Waals surface area contributed by atoms with Crippen LogP contribution in [0.3, 0.4) is 0 Å². The van der Waals surface area contributed by atoms with Crippen LogP contribution in [-0.4, -0.2) is 39.3 Å². The first kappa shape index (κ1) is 17.7. The van der Waals surface area contributed by atoms with E-state index in [1.165, 1.54) is 13.8 Å². The highest BCUT2D eigenvalue weighted by molar-refractivity contribution is 7.93. The highest BCUT2D eigenvalue weighted by Gasteiger charge is 2.43. The predicted octanol–water partition coefficient (Wildman–Crippen LogP) is 1.49. The van der Waals surface area contributed by atoms with Crippen LogP contribution in [0.25, 0.3) is 5.70 Å². The molecule has 0 saturated heterocycles. The largest absolute Gasteiger partial charge is 0.290 e. The number of hydrogen-bond donors (Lipinski definition) is 1. The van der Waals surface area contributed by atoms with Gasteiger partial charge in [-0.3, -0.25) is 10.1 Å². The van der Waals surface area contributed by atoms with Gasteiger partial charge in [-0.2, -0.15) is 0 Å². The second-order valence-corrected chi connectivity index (χ2v) is 8.06. The van der Waals surface area contributed by atoms with Gasteiger partial charge >= 0.3 is 0 Å². The molecule has 1 aromatic carbocycles. The van der Waals surface area contributed by atoms with Crippen LogP contribution in [0, 0.1) is 5.82 Å². The van der Waals surface area contributed by atoms with Crippen molar-refractivity contribution in [3.8, 4) is 0 Å². The number of anilines is 1. The fraction of sp³-hybridized carbons (Fsp3) is 0.286. The van der Waals surface area contributed by atoms with Gasteiger partial charge in [0.25, 0.3) is 5.95 Å². The van der Waals surface area contributed by atoms with Gasteiger partial charge in [-0.15, -0.1) is 9.90 Å². The van der Waals surface area contributed by atoms with Gasteiger partial charge in [-0.25, -0.2) is 12.8 Å². The van der Waals surface area contributed by atoms with Gasteiger partial charge in [0.15, 0.2) is 9.84 Å². The normalized spacial score (nSPS) is 12.0. The molecule has 0 radical (unpaired) electrons. The topological polar surface area (TPSA) is 107 Å². The van der Waals surface area contributed by atoms with Crippen molar-refractivity contribution >= 4 is 27.4 Å². The maximum absolute atomic E-state index is 13.0. The van der Waals surface area contributed by atoms with Crippen molar-refractivity contribution in [2.24, 2.45) is 0 Å². The Labute approximate surface area is 138 Å². The van der Waals surface area contributed by atoms with E-state index >= 15 is 0 Å². The summed E-state index contributed by atoms with van der Waals surface area (Å²) < 4.78 is 36.4. The minimum atomic E-state index is -4.06. The zero-order valence-corrected chi connectivity index (χ0v) is 14.1. The first-order valence-electron chi connectivity index (χ1n) is 6.83. The van der Waals surface area contributed by atoms with Crippen LogP contribution >= 0.6 is 0 Å². The summed E-state index contributed by atoms with van der Waals surface area (Å²) in [5, 5.41) is 13.4. The summed E-state index contributed by atoms with van der Waals surface area (Å²) in [5.74, 6) is -1.56. The van der Waals surface area contributed by atoms with Crippen molar-refractivity contribution in [3.05, 3.63) is 36.7 Å². The van der Waals surface area contributed by atoms with Crippen LogP contribution in [0.5, 0.6) is 0 Å². The molecule has 24 heavy (non-hydrogen) atoms. The van der Waals surface area contributed by atoms with Gasteiger partial charge in [-0.1, -0.05) is 11.7 Å². The highest BCUT2D eigenvalue weighted by atomic mass is 32.2. The molecule has 8 nitrogen and oxygen atoms in total. The Balaban J connectivity index is 2.28. The van der Waals surface area contributed by atoms with E-state index in [1.807, 2.05) is 0 Å². The third-order valence-electron chi connectivity index (χ3n) is 3.32. The van der Waals surface area contributed by atoms with Crippen molar-refractivity contribution < 1.29 is 17.6 Å². The number of sulfone groups is 1. The number of rotatable bonds is 5. The van der Waals surface area contributed by atoms with E-state index in [0.717, 1.165) is 29.1 Å². The Morgan fingerprint density at radius 2 is 1.88 bits per heavy atom. The summed E-state index contributed by atoms with van der Waals surface area (Å²) in [6.07, 6.45) is 0. The number of halogens is 1. The molecule has 0 unspecified atom stereocenters. The monoisotopic (exact) mass is 353 g/mol. The molecule has 1 aromatic heterocycles. The lowest BCUT2D eigenvalue weighted by molar-refractivity contribution is -0.117. The molecule has 1 amide bonds. The summed E-state index contributed by atoms with van der Waals surface area (Å²) in [6, 6.07) is 4.24. The van der Waals surface area contributed by atoms with Crippen LogP contribution in [0.2, 0.25) is 0 Å². The van der Waals surface area contributed by atoms with Crippen LogP contribution in [0.4, 0.5) is 10.3 Å². The number of hydrogen-bond acceptors (Lipinski definition) is 6. The third kappa shape index (κ3) is 3.18. The van der Waals surface area contributed by atoms with Crippen LogP contribution in [0.1, 0.15) is 20.8 Å². The van der Waals surface area contributed by atoms with E-state index in [9.17, 15) is 17.6 Å². The lowest BCUT2D eigenvalue weighted by Crippen LogP contribution is -2.44. The van der Waals surface area contributed by atoms with E-state index in [2.05, 4.69) is 27.3 Å². The van der Waals surface area contributed by atoms with Gasteiger partial charge in [-0.05, 0) is 50.3 Å². The maximum Gasteiger partial charge on any atom is 0.270 e. The van der Waals surface area contributed by atoms with Crippen LogP contribution < -0.4 is 5.32 Å². The van der Waals surface area contributed by atoms with Gasteiger partial charge in [0.1, 0.15) is 10.6 Å². The average Bonchev–Trinajstić information content (AvgIpc) is 2.96. The molecule has 0 atom stereocenters. The Morgan fingerprint density at radius 1 is 1.29 bits per heavy atom. The molecular weight excluding hydrogens is 337 g/mol. The second-order valence-electron chi connectivity index (χ2n) is 5.56. The lowest BCUT2D eigenvalue weighted by Gasteiger charge is -2.22. The molecule has 0 saturated carbocycles. The number of aromatic nitrogens is 4. The SMILES string of the molecule is C=C(C)n1nnc(NC(=O)C(C)(C)S(=O)(=O)c2ccc(F)cc2)n1. The van der Waals surface area contributed by atoms with Gasteiger partial charge in [0, 0.05) is 0 Å². The average molecular weight is 353 g/mol. The van der Waals surface area contributed by atoms with E-state index in [0.29, 0.717) is 5.70 Å². The molecule has 1 N–H and O–H groups in total. The standard InChI is InChI=1S/C14H16FN5O3S/c1-9(2)20-18-13(17-19-20)16-12(21)14(3,4)24(22,23)11-7-5-10(15)6-8-11/h5-8H,1H2,2-4H3,(H,16,18,21). The minimum Gasteiger partial charge on any atom is -0.290 e. The third-order valence-corrected chi connectivity index (χ3v) is 5.74. The zero-order chi connectivity index (χ0) is 18.1. The number of carbonyl (C=O) groups is 1. The Hall–Kier alpha value is -2.62. The minimum absolute atomic E-state index is 0.148. The van der Waals surface area contributed by atoms with E-state index in [-0.39, 0.29) is 10.8 Å². The van der Waals surface area contributed by atoms with Crippen LogP contribution in [0.15, 0.2) is 35.7 Å². The number of nitrogens with zero attached hydrogens (tertiary/aromatic N) is 4. The van der Waals surface area contributed by atoms with E-state index < -0.39 is 26.3 Å². The Bertz CT molecular complexity index is 887. The van der Waals surface area contributed by atoms with E-state index in [4.69, 9.17) is 0 Å². The Morgan fingerprint density at radius 3 is 2.38 bits per heavy atom. The number of tetrazole rings is 1. The molecule has 128 valence electrons. The highest BCUT2D eigenvalue weighted by Crippen LogP contribution is 2.26. The van der Waals surface area contributed by atoms with Crippen molar-refractivity contribution in [3.63, 3.8) is 0 Å². The summed E-state index contributed by atoms with van der Waals surface area (Å²) in [5.41, 5.74) is 0.473. The number of allylic oxidation sites excluding steroid dienone is 1. The Kier molecular flexibility index (Phi) is 4.52. The van der Waals surface area contributed by atoms with Crippen molar-refractivity contribution in [2.75, 3.05) is 5.32 Å². The number of benzene rings is 1. The fourth-order valence-corrected chi connectivity index (χ4v) is 3.09. The summed E-state index contributed by atoms with van der Waals surface area (Å²) in [6.45, 7) is 7.73. The molecule has 0 spiro atoms. The first-order chi connectivity index (χ1) is 11.1. The summed E-state index contributed by atoms with van der Waals surface area (Å²) in [7, 11) is -4.06. The molecule has 0 aliphatic heterocycles. The van der Waals surface area contributed by atoms with Gasteiger partial charge in [0.2, 0.25) is 5.91 Å². The fourth-order valence-electron chi connectivity index (χ4n) is 1.71. The molecule has 2 aromatic rings. The van der Waals surface area contributed by atoms with Gasteiger partial charge in [0.05, 0.1) is 10.6 Å². The molecular formula is C14H16FN5O3S. The van der Waals surface area contributed by atoms with Gasteiger partial charge < -0.3 is 0 Å². The zero-order valence-electron chi connectivity index (χ0n) is 13.3. The number of carbonyl (C=O) groups excluding carboxylic acids is 1. The van der Waals surface area contributed by atoms with Crippen molar-refractivity contribution in [1.82, 2.24) is 20.2 Å². The van der Waals surface area contributed by atoms with Crippen molar-refractivity contribution in [1.29, 1.82) is 0 Å². The van der Waals surface area contributed by atoms with E-state index in [1.54, 1.807) is 6.92 Å². The lowest BCUT2D eigenvalue weighted by atomic mass is 10.2. The quantitative estimate of drug-likeness (QED) is 0.816. The van der Waals surface area contributed by atoms with Crippen LogP contribution in [-0.2, 0) is 14.6 Å². The summed E-state index contributed by atoms with van der Waals surface area (Å²) in [4.78, 5) is 13.3. The predicted molar refractivity (Wildman–Crippen MR) is 85.1 cm³/mol. The number of nitrogens with one attached hydrogen (secondary N) is 1. The molecule has 0 aliphatic carbocycles.